The van der Waals surface area contributed by atoms with Gasteiger partial charge in [0.2, 0.25) is 0 Å². The van der Waals surface area contributed by atoms with Crippen molar-refractivity contribution in [2.45, 2.75) is 33.2 Å². The molecule has 0 aliphatic carbocycles. The van der Waals surface area contributed by atoms with E-state index in [1.54, 1.807) is 61.5 Å². The molecule has 0 aromatic heterocycles. The van der Waals surface area contributed by atoms with Crippen LogP contribution in [0.25, 0.3) is 0 Å². The Kier molecular flexibility index (Phi) is 16.4. The van der Waals surface area contributed by atoms with Gasteiger partial charge in [0.25, 0.3) is 5.91 Å². The molecule has 133 valence electrons. The van der Waals surface area contributed by atoms with Gasteiger partial charge < -0.3 is 17.3 Å². The van der Waals surface area contributed by atoms with Gasteiger partial charge in [-0.15, -0.1) is 0 Å². The van der Waals surface area contributed by atoms with E-state index in [1.165, 1.54) is 0 Å². The zero-order valence-electron chi connectivity index (χ0n) is 15.0. The van der Waals surface area contributed by atoms with Gasteiger partial charge in [-0.2, -0.15) is 42.8 Å². The predicted molar refractivity (Wildman–Crippen MR) is 96.7 cm³/mol. The van der Waals surface area contributed by atoms with Crippen molar-refractivity contribution in [3.8, 4) is 0 Å². The summed E-state index contributed by atoms with van der Waals surface area (Å²) in [6, 6.07) is 17.5. The molecule has 2 aromatic rings. The number of benzene rings is 2. The van der Waals surface area contributed by atoms with Crippen LogP contribution < -0.4 is 5.32 Å². The van der Waals surface area contributed by atoms with Crippen molar-refractivity contribution in [1.29, 1.82) is 0 Å². The second kappa shape index (κ2) is 16.0. The molecule has 1 amide bonds. The zero-order valence-corrected chi connectivity index (χ0v) is 17.9. The van der Waals surface area contributed by atoms with E-state index in [9.17, 15) is 14.7 Å². The van der Waals surface area contributed by atoms with Gasteiger partial charge >= 0.3 is 5.97 Å². The van der Waals surface area contributed by atoms with E-state index >= 15 is 0 Å². The summed E-state index contributed by atoms with van der Waals surface area (Å²) in [6.45, 7) is 9.00. The molecule has 4 nitrogen and oxygen atoms in total. The maximum absolute atomic E-state index is 12.0. The maximum atomic E-state index is 12.0. The smallest absolute Gasteiger partial charge is 0.326 e. The minimum Gasteiger partial charge on any atom is -0.480 e. The second-order valence-corrected chi connectivity index (χ2v) is 4.34. The molecule has 2 rings (SSSR count). The third-order valence-electron chi connectivity index (χ3n) is 2.87. The molecule has 2 N–H and O–H groups in total. The molecule has 25 heavy (non-hydrogen) atoms. The van der Waals surface area contributed by atoms with Crippen molar-refractivity contribution >= 4 is 11.9 Å². The largest absolute Gasteiger partial charge is 0.480 e. The fraction of sp³-hybridized carbons (Fsp3) is 0.250. The Labute approximate surface area is 175 Å². The average molecular weight is 416 g/mol. The van der Waals surface area contributed by atoms with Crippen molar-refractivity contribution < 1.29 is 47.4 Å². The summed E-state index contributed by atoms with van der Waals surface area (Å²) in [6.07, 6.45) is 0.239. The standard InChI is InChI=1S/C16H14NO3.C2H6.C2H5.Y/c18-15(13-9-5-2-6-10-13)17-14(16(19)20)11-12-7-3-1-4-8-12;2*1-2;/h2-10,14H,11H2,(H,17,18)(H,19,20);1-2H3;1H2,2H3;/q-1;;-1;/t14-;;;/m0.../s1. The Balaban J connectivity index is 0. The topological polar surface area (TPSA) is 66.4 Å². The third kappa shape index (κ3) is 10.2. The molecule has 1 radical (unpaired) electrons. The number of amides is 1. The average Bonchev–Trinajstić information content (AvgIpc) is 2.66. The molecule has 0 saturated heterocycles. The molecule has 0 aliphatic heterocycles. The molecule has 0 unspecified atom stereocenters. The minimum atomic E-state index is -1.05. The number of aliphatic carboxylic acids is 1. The third-order valence-corrected chi connectivity index (χ3v) is 2.87. The second-order valence-electron chi connectivity index (χ2n) is 4.34. The van der Waals surface area contributed by atoms with Crippen LogP contribution in [0.2, 0.25) is 0 Å². The Morgan fingerprint density at radius 3 is 2.08 bits per heavy atom. The van der Waals surface area contributed by atoms with E-state index in [-0.39, 0.29) is 45.0 Å². The summed E-state index contributed by atoms with van der Waals surface area (Å²) in [5, 5.41) is 11.7. The van der Waals surface area contributed by atoms with Crippen LogP contribution in [0.15, 0.2) is 54.6 Å². The molecule has 2 aromatic carbocycles. The van der Waals surface area contributed by atoms with Gasteiger partial charge in [-0.05, 0) is 18.6 Å². The summed E-state index contributed by atoms with van der Waals surface area (Å²) in [5.41, 5.74) is 1.28. The van der Waals surface area contributed by atoms with Crippen LogP contribution in [-0.4, -0.2) is 23.0 Å². The quantitative estimate of drug-likeness (QED) is 0.730. The van der Waals surface area contributed by atoms with Gasteiger partial charge in [0.1, 0.15) is 6.04 Å². The van der Waals surface area contributed by atoms with E-state index in [2.05, 4.69) is 18.3 Å². The SMILES string of the molecule is CC.O=C(N[C@@H](Cc1cc[c-]cc1)C(=O)O)c1ccccc1.[CH2-]C.[Y]. The van der Waals surface area contributed by atoms with Crippen LogP contribution in [0.3, 0.4) is 0 Å². The van der Waals surface area contributed by atoms with Gasteiger partial charge in [-0.1, -0.05) is 32.0 Å². The molecular weight excluding hydrogens is 391 g/mol. The number of nitrogens with one attached hydrogen (secondary N) is 1. The molecule has 0 bridgehead atoms. The summed E-state index contributed by atoms with van der Waals surface area (Å²) in [5.74, 6) is -1.44. The van der Waals surface area contributed by atoms with E-state index in [1.807, 2.05) is 13.8 Å². The van der Waals surface area contributed by atoms with Crippen LogP contribution in [0.5, 0.6) is 0 Å². The monoisotopic (exact) mass is 416 g/mol. The number of hydrogen-bond donors (Lipinski definition) is 2. The molecular formula is C20H25NO3Y-2. The number of carboxylic acids is 1. The van der Waals surface area contributed by atoms with Crippen LogP contribution in [0.1, 0.15) is 36.7 Å². The first kappa shape index (κ1) is 25.7. The number of hydrogen-bond acceptors (Lipinski definition) is 2. The molecule has 0 saturated carbocycles. The molecule has 0 fully saturated rings. The molecule has 5 heteroatoms. The van der Waals surface area contributed by atoms with Crippen molar-refractivity contribution in [2.75, 3.05) is 0 Å². The summed E-state index contributed by atoms with van der Waals surface area (Å²) in [7, 11) is 0. The number of rotatable bonds is 5. The molecule has 0 spiro atoms. The van der Waals surface area contributed by atoms with Gasteiger partial charge in [0.05, 0.1) is 0 Å². The fourth-order valence-electron chi connectivity index (χ4n) is 1.82. The first-order valence-electron chi connectivity index (χ1n) is 7.91. The zero-order chi connectivity index (χ0) is 18.4. The van der Waals surface area contributed by atoms with Crippen LogP contribution in [0.4, 0.5) is 0 Å². The van der Waals surface area contributed by atoms with E-state index in [0.717, 1.165) is 5.56 Å². The summed E-state index contributed by atoms with van der Waals surface area (Å²) >= 11 is 0. The molecule has 1 atom stereocenters. The van der Waals surface area contributed by atoms with E-state index in [0.29, 0.717) is 5.56 Å². The first-order valence-corrected chi connectivity index (χ1v) is 7.91. The van der Waals surface area contributed by atoms with Gasteiger partial charge in [-0.3, -0.25) is 4.79 Å². The Morgan fingerprint density at radius 2 is 1.60 bits per heavy atom. The summed E-state index contributed by atoms with van der Waals surface area (Å²) < 4.78 is 0. The molecule has 0 aliphatic rings. The Morgan fingerprint density at radius 1 is 1.08 bits per heavy atom. The van der Waals surface area contributed by atoms with Crippen LogP contribution in [0, 0.1) is 13.0 Å². The molecule has 0 heterocycles. The van der Waals surface area contributed by atoms with Crippen LogP contribution in [-0.2, 0) is 43.9 Å². The van der Waals surface area contributed by atoms with E-state index in [4.69, 9.17) is 0 Å². The van der Waals surface area contributed by atoms with E-state index < -0.39 is 12.0 Å². The van der Waals surface area contributed by atoms with Crippen molar-refractivity contribution in [1.82, 2.24) is 5.32 Å². The minimum absolute atomic E-state index is 0. The normalized spacial score (nSPS) is 9.76. The van der Waals surface area contributed by atoms with Crippen LogP contribution >= 0.6 is 0 Å². The van der Waals surface area contributed by atoms with Crippen molar-refractivity contribution in [3.63, 3.8) is 0 Å². The Hall–Kier alpha value is -1.52. The maximum Gasteiger partial charge on any atom is 0.326 e. The number of carboxylic acid groups (broad SMARTS) is 1. The van der Waals surface area contributed by atoms with Gasteiger partial charge in [0, 0.05) is 38.3 Å². The Bertz CT molecular complexity index is 588. The number of carbonyl (C=O) groups is 2. The van der Waals surface area contributed by atoms with Gasteiger partial charge in [-0.25, -0.2) is 4.79 Å². The first-order chi connectivity index (χ1) is 11.7. The summed E-state index contributed by atoms with van der Waals surface area (Å²) in [4.78, 5) is 23.2. The van der Waals surface area contributed by atoms with Crippen molar-refractivity contribution in [3.05, 3.63) is 78.7 Å². The fourth-order valence-corrected chi connectivity index (χ4v) is 1.82. The van der Waals surface area contributed by atoms with Crippen molar-refractivity contribution in [2.24, 2.45) is 0 Å². The van der Waals surface area contributed by atoms with Gasteiger partial charge in [0.15, 0.2) is 0 Å². The number of carbonyl (C=O) groups excluding carboxylic acids is 1. The predicted octanol–water partition coefficient (Wildman–Crippen LogP) is 3.78.